The lowest BCUT2D eigenvalue weighted by Gasteiger charge is -2.44. The van der Waals surface area contributed by atoms with Gasteiger partial charge in [-0.25, -0.2) is 0 Å². The molecule has 0 aromatic heterocycles. The first-order chi connectivity index (χ1) is 17.9. The lowest BCUT2D eigenvalue weighted by atomic mass is 9.82. The van der Waals surface area contributed by atoms with Crippen LogP contribution in [0.2, 0.25) is 0 Å². The lowest BCUT2D eigenvalue weighted by molar-refractivity contribution is -0.133. The van der Waals surface area contributed by atoms with Gasteiger partial charge in [0.25, 0.3) is 5.91 Å². The van der Waals surface area contributed by atoms with Crippen LogP contribution in [-0.4, -0.2) is 74.0 Å². The average molecular weight is 509 g/mol. The zero-order valence-corrected chi connectivity index (χ0v) is 21.5. The minimum Gasteiger partial charge on any atom is -0.493 e. The van der Waals surface area contributed by atoms with Gasteiger partial charge in [0.15, 0.2) is 11.5 Å². The summed E-state index contributed by atoms with van der Waals surface area (Å²) in [7, 11) is 3.11. The van der Waals surface area contributed by atoms with Crippen molar-refractivity contribution in [3.8, 4) is 11.5 Å². The van der Waals surface area contributed by atoms with Gasteiger partial charge in [0, 0.05) is 37.8 Å². The van der Waals surface area contributed by atoms with Crippen molar-refractivity contribution < 1.29 is 23.9 Å². The molecule has 2 aromatic rings. The highest BCUT2D eigenvalue weighted by molar-refractivity contribution is 5.95. The van der Waals surface area contributed by atoms with Crippen LogP contribution in [-0.2, 0) is 9.59 Å². The third kappa shape index (κ3) is 6.05. The largest absolute Gasteiger partial charge is 0.493 e. The molecular weight excluding hydrogens is 472 g/mol. The van der Waals surface area contributed by atoms with Crippen molar-refractivity contribution in [1.82, 2.24) is 15.1 Å². The van der Waals surface area contributed by atoms with Gasteiger partial charge in [-0.2, -0.15) is 0 Å². The second-order valence-corrected chi connectivity index (χ2v) is 9.61. The standard InChI is InChI=1S/C28H36N4O5/c1-36-23-13-12-20(18-24(23)37-2)28(35)32-16-14-31(15-17-32)22-11-7-6-10-21(22)27(34)30-25(26(29)33)19-8-4-3-5-9-19/h3-5,8-9,12-13,18,21-22,25H,6-7,10-11,14-17H2,1-2H3,(H2,29,33)(H,30,34)/t21-,22-,25+/m1/s1. The number of rotatable bonds is 8. The van der Waals surface area contributed by atoms with E-state index in [1.165, 1.54) is 0 Å². The Morgan fingerprint density at radius 3 is 2.24 bits per heavy atom. The molecule has 37 heavy (non-hydrogen) atoms. The minimum absolute atomic E-state index is 0.0503. The van der Waals surface area contributed by atoms with Gasteiger partial charge < -0.3 is 25.4 Å². The molecule has 1 saturated heterocycles. The molecule has 2 fully saturated rings. The third-order valence-electron chi connectivity index (χ3n) is 7.47. The van der Waals surface area contributed by atoms with Crippen LogP contribution < -0.4 is 20.5 Å². The van der Waals surface area contributed by atoms with E-state index in [-0.39, 0.29) is 23.8 Å². The summed E-state index contributed by atoms with van der Waals surface area (Å²) < 4.78 is 10.6. The Hall–Kier alpha value is -3.59. The zero-order valence-electron chi connectivity index (χ0n) is 21.5. The molecule has 3 N–H and O–H groups in total. The first kappa shape index (κ1) is 26.5. The molecule has 0 bridgehead atoms. The molecule has 0 unspecified atom stereocenters. The van der Waals surface area contributed by atoms with Crippen molar-refractivity contribution in [1.29, 1.82) is 0 Å². The van der Waals surface area contributed by atoms with Gasteiger partial charge in [-0.05, 0) is 36.6 Å². The predicted molar refractivity (Wildman–Crippen MR) is 139 cm³/mol. The number of nitrogens with zero attached hydrogens (tertiary/aromatic N) is 2. The lowest BCUT2D eigenvalue weighted by Crippen LogP contribution is -2.56. The van der Waals surface area contributed by atoms with Crippen LogP contribution in [0.4, 0.5) is 0 Å². The van der Waals surface area contributed by atoms with E-state index in [1.54, 1.807) is 44.6 Å². The molecule has 9 nitrogen and oxygen atoms in total. The van der Waals surface area contributed by atoms with E-state index < -0.39 is 11.9 Å². The van der Waals surface area contributed by atoms with Crippen LogP contribution in [0.5, 0.6) is 11.5 Å². The Morgan fingerprint density at radius 1 is 0.919 bits per heavy atom. The Balaban J connectivity index is 1.40. The Kier molecular flexibility index (Phi) is 8.66. The summed E-state index contributed by atoms with van der Waals surface area (Å²) in [4.78, 5) is 42.8. The fraction of sp³-hybridized carbons (Fsp3) is 0.464. The quantitative estimate of drug-likeness (QED) is 0.566. The molecule has 4 rings (SSSR count). The maximum atomic E-state index is 13.4. The SMILES string of the molecule is COc1ccc(C(=O)N2CCN([C@@H]3CCCC[C@H]3C(=O)N[C@H](C(N)=O)c3ccccc3)CC2)cc1OC. The molecule has 9 heteroatoms. The van der Waals surface area contributed by atoms with Gasteiger partial charge in [0.05, 0.1) is 20.1 Å². The monoisotopic (exact) mass is 508 g/mol. The van der Waals surface area contributed by atoms with Gasteiger partial charge in [-0.3, -0.25) is 19.3 Å². The zero-order chi connectivity index (χ0) is 26.4. The maximum absolute atomic E-state index is 13.4. The summed E-state index contributed by atoms with van der Waals surface area (Å²) in [5, 5.41) is 2.91. The number of hydrogen-bond donors (Lipinski definition) is 2. The number of primary amides is 1. The molecular formula is C28H36N4O5. The third-order valence-corrected chi connectivity index (χ3v) is 7.47. The van der Waals surface area contributed by atoms with Crippen LogP contribution >= 0.6 is 0 Å². The fourth-order valence-electron chi connectivity index (χ4n) is 5.48. The number of ether oxygens (including phenoxy) is 2. The highest BCUT2D eigenvalue weighted by Gasteiger charge is 2.38. The second-order valence-electron chi connectivity index (χ2n) is 9.61. The Bertz CT molecular complexity index is 1100. The number of carbonyl (C=O) groups is 3. The van der Waals surface area contributed by atoms with E-state index in [0.29, 0.717) is 48.8 Å². The van der Waals surface area contributed by atoms with E-state index in [1.807, 2.05) is 23.1 Å². The Labute approximate surface area is 217 Å². The smallest absolute Gasteiger partial charge is 0.254 e. The molecule has 2 aromatic carbocycles. The number of nitrogens with one attached hydrogen (secondary N) is 1. The number of methoxy groups -OCH3 is 2. The molecule has 198 valence electrons. The topological polar surface area (TPSA) is 114 Å². The molecule has 2 aliphatic rings. The molecule has 1 aliphatic carbocycles. The van der Waals surface area contributed by atoms with Crippen molar-refractivity contribution in [3.05, 3.63) is 59.7 Å². The van der Waals surface area contributed by atoms with Crippen molar-refractivity contribution in [2.24, 2.45) is 11.7 Å². The predicted octanol–water partition coefficient (Wildman–Crippen LogP) is 2.36. The first-order valence-electron chi connectivity index (χ1n) is 12.8. The van der Waals surface area contributed by atoms with Crippen LogP contribution in [0.15, 0.2) is 48.5 Å². The molecule has 1 heterocycles. The van der Waals surface area contributed by atoms with E-state index in [2.05, 4.69) is 10.2 Å². The van der Waals surface area contributed by atoms with Crippen LogP contribution in [0.1, 0.15) is 47.6 Å². The number of benzene rings is 2. The van der Waals surface area contributed by atoms with Crippen molar-refractivity contribution in [3.63, 3.8) is 0 Å². The molecule has 0 radical (unpaired) electrons. The highest BCUT2D eigenvalue weighted by atomic mass is 16.5. The van der Waals surface area contributed by atoms with E-state index >= 15 is 0 Å². The molecule has 1 saturated carbocycles. The van der Waals surface area contributed by atoms with E-state index in [9.17, 15) is 14.4 Å². The van der Waals surface area contributed by atoms with E-state index in [4.69, 9.17) is 15.2 Å². The maximum Gasteiger partial charge on any atom is 0.254 e. The summed E-state index contributed by atoms with van der Waals surface area (Å²) in [5.74, 6) is 0.109. The minimum atomic E-state index is -0.854. The van der Waals surface area contributed by atoms with Gasteiger partial charge in [0.1, 0.15) is 6.04 Å². The van der Waals surface area contributed by atoms with Gasteiger partial charge in [-0.15, -0.1) is 0 Å². The van der Waals surface area contributed by atoms with Gasteiger partial charge in [-0.1, -0.05) is 43.2 Å². The van der Waals surface area contributed by atoms with Crippen molar-refractivity contribution in [2.45, 2.75) is 37.8 Å². The van der Waals surface area contributed by atoms with Gasteiger partial charge in [0.2, 0.25) is 11.8 Å². The first-order valence-corrected chi connectivity index (χ1v) is 12.8. The van der Waals surface area contributed by atoms with Crippen LogP contribution in [0.3, 0.4) is 0 Å². The average Bonchev–Trinajstić information content (AvgIpc) is 2.95. The summed E-state index contributed by atoms with van der Waals surface area (Å²) in [6, 6.07) is 13.5. The number of piperazine rings is 1. The van der Waals surface area contributed by atoms with Gasteiger partial charge >= 0.3 is 0 Å². The number of nitrogens with two attached hydrogens (primary N) is 1. The van der Waals surface area contributed by atoms with Crippen molar-refractivity contribution >= 4 is 17.7 Å². The molecule has 3 atom stereocenters. The summed E-state index contributed by atoms with van der Waals surface area (Å²) >= 11 is 0. The summed E-state index contributed by atoms with van der Waals surface area (Å²) in [6.45, 7) is 2.52. The molecule has 1 aliphatic heterocycles. The van der Waals surface area contributed by atoms with Crippen molar-refractivity contribution in [2.75, 3.05) is 40.4 Å². The Morgan fingerprint density at radius 2 is 1.59 bits per heavy atom. The highest BCUT2D eigenvalue weighted by Crippen LogP contribution is 2.31. The molecule has 3 amide bonds. The van der Waals surface area contributed by atoms with Crippen LogP contribution in [0, 0.1) is 5.92 Å². The number of carbonyl (C=O) groups excluding carboxylic acids is 3. The summed E-state index contributed by atoms with van der Waals surface area (Å²) in [6.07, 6.45) is 3.70. The number of hydrogen-bond acceptors (Lipinski definition) is 6. The van der Waals surface area contributed by atoms with Crippen LogP contribution in [0.25, 0.3) is 0 Å². The van der Waals surface area contributed by atoms with E-state index in [0.717, 1.165) is 25.7 Å². The fourth-order valence-corrected chi connectivity index (χ4v) is 5.48. The molecule has 0 spiro atoms. The number of amides is 3. The summed E-state index contributed by atoms with van der Waals surface area (Å²) in [5.41, 5.74) is 6.87. The second kappa shape index (κ2) is 12.1. The normalized spacial score (nSPS) is 21.1.